The van der Waals surface area contributed by atoms with Crippen molar-refractivity contribution in [2.45, 2.75) is 68.3 Å². The number of rotatable bonds is 5. The number of aliphatic hydroxyl groups is 6. The maximum absolute atomic E-state index is 13.0. The Balaban J connectivity index is 1.51. The SMILES string of the molecule is CC1OC(OC2C(Oc3cc(O)c4c(=O)c5ccc(O)c(O)c5oc4c3)OC(CO)C(O)C2O)C(O)C(O)C1O. The lowest BCUT2D eigenvalue weighted by molar-refractivity contribution is -0.354. The Hall–Kier alpha value is -3.25. The van der Waals surface area contributed by atoms with Crippen molar-refractivity contribution in [2.24, 2.45) is 0 Å². The number of hydrogen-bond acceptors (Lipinski definition) is 15. The molecule has 1 aromatic heterocycles. The van der Waals surface area contributed by atoms with Gasteiger partial charge in [0.2, 0.25) is 17.5 Å². The number of phenols is 3. The van der Waals surface area contributed by atoms with Crippen LogP contribution in [0.2, 0.25) is 0 Å². The van der Waals surface area contributed by atoms with E-state index in [1.165, 1.54) is 13.0 Å². The lowest BCUT2D eigenvalue weighted by Gasteiger charge is -2.45. The maximum Gasteiger partial charge on any atom is 0.229 e. The molecule has 0 radical (unpaired) electrons. The molecule has 0 bridgehead atoms. The van der Waals surface area contributed by atoms with Crippen LogP contribution in [-0.4, -0.2) is 114 Å². The lowest BCUT2D eigenvalue weighted by atomic mass is 9.97. The molecule has 0 spiro atoms. The third kappa shape index (κ3) is 4.70. The third-order valence-corrected chi connectivity index (χ3v) is 7.03. The molecule has 40 heavy (non-hydrogen) atoms. The summed E-state index contributed by atoms with van der Waals surface area (Å²) >= 11 is 0. The fraction of sp³-hybridized carbons (Fsp3) is 0.480. The highest BCUT2D eigenvalue weighted by Gasteiger charge is 2.50. The molecule has 3 aromatic rings. The molecular formula is C25H28O15. The number of fused-ring (bicyclic) bond motifs is 2. The maximum atomic E-state index is 13.0. The Bertz CT molecular complexity index is 1460. The monoisotopic (exact) mass is 568 g/mol. The number of ether oxygens (including phenoxy) is 4. The van der Waals surface area contributed by atoms with E-state index in [0.717, 1.165) is 18.2 Å². The van der Waals surface area contributed by atoms with Gasteiger partial charge in [0, 0.05) is 12.1 Å². The third-order valence-electron chi connectivity index (χ3n) is 7.03. The molecule has 2 aliphatic rings. The van der Waals surface area contributed by atoms with Gasteiger partial charge in [-0.05, 0) is 19.1 Å². The van der Waals surface area contributed by atoms with Gasteiger partial charge in [-0.15, -0.1) is 0 Å². The summed E-state index contributed by atoms with van der Waals surface area (Å²) in [5.74, 6) is -2.08. The predicted octanol–water partition coefficient (Wildman–Crippen LogP) is -1.91. The van der Waals surface area contributed by atoms with Gasteiger partial charge >= 0.3 is 0 Å². The summed E-state index contributed by atoms with van der Waals surface area (Å²) in [7, 11) is 0. The highest BCUT2D eigenvalue weighted by Crippen LogP contribution is 2.38. The molecule has 5 rings (SSSR count). The van der Waals surface area contributed by atoms with Gasteiger partial charge in [0.05, 0.1) is 18.1 Å². The van der Waals surface area contributed by atoms with Crippen LogP contribution in [-0.2, 0) is 14.2 Å². The zero-order valence-electron chi connectivity index (χ0n) is 20.8. The molecule has 0 aliphatic carbocycles. The van der Waals surface area contributed by atoms with Gasteiger partial charge < -0.3 is 69.3 Å². The van der Waals surface area contributed by atoms with E-state index in [0.29, 0.717) is 0 Å². The van der Waals surface area contributed by atoms with Crippen molar-refractivity contribution in [3.63, 3.8) is 0 Å². The molecule has 15 heteroatoms. The van der Waals surface area contributed by atoms with E-state index >= 15 is 0 Å². The molecule has 218 valence electrons. The van der Waals surface area contributed by atoms with Crippen molar-refractivity contribution in [3.8, 4) is 23.0 Å². The van der Waals surface area contributed by atoms with Crippen LogP contribution in [0.3, 0.4) is 0 Å². The molecule has 0 amide bonds. The van der Waals surface area contributed by atoms with Gasteiger partial charge in [-0.3, -0.25) is 4.79 Å². The summed E-state index contributed by atoms with van der Waals surface area (Å²) < 4.78 is 27.9. The summed E-state index contributed by atoms with van der Waals surface area (Å²) in [4.78, 5) is 13.0. The number of aliphatic hydroxyl groups excluding tert-OH is 6. The van der Waals surface area contributed by atoms with E-state index in [1.807, 2.05) is 0 Å². The number of hydrogen-bond donors (Lipinski definition) is 9. The van der Waals surface area contributed by atoms with Crippen molar-refractivity contribution < 1.29 is 69.3 Å². The Morgan fingerprint density at radius 1 is 0.850 bits per heavy atom. The van der Waals surface area contributed by atoms with E-state index in [4.69, 9.17) is 23.4 Å². The van der Waals surface area contributed by atoms with Gasteiger partial charge in [0.15, 0.2) is 23.7 Å². The average Bonchev–Trinajstić information content (AvgIpc) is 2.92. The van der Waals surface area contributed by atoms with Gasteiger partial charge in [0.1, 0.15) is 59.1 Å². The summed E-state index contributed by atoms with van der Waals surface area (Å²) in [5, 5.41) is 91.4. The van der Waals surface area contributed by atoms with Crippen LogP contribution in [0, 0.1) is 0 Å². The highest BCUT2D eigenvalue weighted by atomic mass is 16.8. The van der Waals surface area contributed by atoms with E-state index < -0.39 is 90.7 Å². The van der Waals surface area contributed by atoms with Gasteiger partial charge in [-0.25, -0.2) is 0 Å². The molecule has 15 nitrogen and oxygen atoms in total. The Morgan fingerprint density at radius 2 is 1.57 bits per heavy atom. The van der Waals surface area contributed by atoms with E-state index in [-0.39, 0.29) is 27.7 Å². The minimum absolute atomic E-state index is 0.119. The normalized spacial score (nSPS) is 34.8. The first-order chi connectivity index (χ1) is 18.9. The standard InChI is InChI=1S/C25H28O15/c1-7-15(29)19(33)21(35)24(36-7)40-23-20(34)18(32)13(6-26)39-25(23)37-8-4-11(28)14-12(5-8)38-22-9(16(14)30)2-3-10(27)17(22)31/h2-5,7,13,15,18-21,23-29,31-35H,6H2,1H3. The molecule has 0 saturated carbocycles. The van der Waals surface area contributed by atoms with Crippen molar-refractivity contribution in [1.82, 2.24) is 0 Å². The van der Waals surface area contributed by atoms with Crippen molar-refractivity contribution in [1.29, 1.82) is 0 Å². The Morgan fingerprint density at radius 3 is 2.27 bits per heavy atom. The first-order valence-electron chi connectivity index (χ1n) is 12.2. The first-order valence-corrected chi connectivity index (χ1v) is 12.2. The van der Waals surface area contributed by atoms with E-state index in [1.54, 1.807) is 0 Å². The molecule has 3 heterocycles. The van der Waals surface area contributed by atoms with Crippen LogP contribution in [0.25, 0.3) is 21.9 Å². The van der Waals surface area contributed by atoms with Crippen molar-refractivity contribution >= 4 is 21.9 Å². The Labute approximate surface area is 224 Å². The predicted molar refractivity (Wildman–Crippen MR) is 131 cm³/mol. The fourth-order valence-electron chi connectivity index (χ4n) is 4.75. The smallest absolute Gasteiger partial charge is 0.229 e. The lowest BCUT2D eigenvalue weighted by Crippen LogP contribution is -2.64. The van der Waals surface area contributed by atoms with Crippen LogP contribution >= 0.6 is 0 Å². The van der Waals surface area contributed by atoms with E-state index in [9.17, 15) is 50.8 Å². The molecule has 10 atom stereocenters. The molecule has 10 unspecified atom stereocenters. The van der Waals surface area contributed by atoms with E-state index in [2.05, 4.69) is 0 Å². The Kier molecular flexibility index (Phi) is 7.51. The largest absolute Gasteiger partial charge is 0.507 e. The van der Waals surface area contributed by atoms with Crippen LogP contribution in [0.4, 0.5) is 0 Å². The zero-order valence-corrected chi connectivity index (χ0v) is 20.8. The quantitative estimate of drug-likeness (QED) is 0.120. The van der Waals surface area contributed by atoms with Crippen molar-refractivity contribution in [2.75, 3.05) is 6.61 Å². The number of aromatic hydroxyl groups is 3. The average molecular weight is 568 g/mol. The molecule has 2 aromatic carbocycles. The highest BCUT2D eigenvalue weighted by molar-refractivity contribution is 5.96. The van der Waals surface area contributed by atoms with Crippen LogP contribution in [0.15, 0.2) is 33.5 Å². The summed E-state index contributed by atoms with van der Waals surface area (Å²) in [5.41, 5.74) is -1.35. The minimum atomic E-state index is -1.79. The summed E-state index contributed by atoms with van der Waals surface area (Å²) in [6, 6.07) is 4.45. The molecule has 2 fully saturated rings. The fourth-order valence-corrected chi connectivity index (χ4v) is 4.75. The second kappa shape index (κ2) is 10.6. The second-order valence-corrected chi connectivity index (χ2v) is 9.66. The second-order valence-electron chi connectivity index (χ2n) is 9.66. The van der Waals surface area contributed by atoms with Gasteiger partial charge in [0.25, 0.3) is 0 Å². The van der Waals surface area contributed by atoms with Crippen LogP contribution in [0.1, 0.15) is 6.92 Å². The number of benzene rings is 2. The van der Waals surface area contributed by atoms with Crippen LogP contribution < -0.4 is 10.2 Å². The molecular weight excluding hydrogens is 540 g/mol. The summed E-state index contributed by atoms with van der Waals surface area (Å²) in [6.45, 7) is 0.656. The number of phenolic OH excluding ortho intramolecular Hbond substituents is 3. The first kappa shape index (κ1) is 28.3. The van der Waals surface area contributed by atoms with Crippen molar-refractivity contribution in [3.05, 3.63) is 34.5 Å². The topological polar surface area (TPSA) is 249 Å². The summed E-state index contributed by atoms with van der Waals surface area (Å²) in [6.07, 6.45) is -15.6. The van der Waals surface area contributed by atoms with Gasteiger partial charge in [-0.1, -0.05) is 0 Å². The van der Waals surface area contributed by atoms with Crippen LogP contribution in [0.5, 0.6) is 23.0 Å². The molecule has 2 saturated heterocycles. The van der Waals surface area contributed by atoms with Gasteiger partial charge in [-0.2, -0.15) is 0 Å². The minimum Gasteiger partial charge on any atom is -0.507 e. The zero-order chi connectivity index (χ0) is 29.0. The molecule has 9 N–H and O–H groups in total. The molecule has 2 aliphatic heterocycles.